The molecular weight excluding hydrogens is 308 g/mol. The van der Waals surface area contributed by atoms with Crippen molar-refractivity contribution in [2.24, 2.45) is 7.05 Å². The molecule has 0 bridgehead atoms. The molecule has 0 spiro atoms. The summed E-state index contributed by atoms with van der Waals surface area (Å²) in [5, 5.41) is 9.75. The molecule has 0 aromatic carbocycles. The first kappa shape index (κ1) is 16.3. The van der Waals surface area contributed by atoms with Crippen LogP contribution in [0.3, 0.4) is 0 Å². The average molecular weight is 332 g/mol. The minimum atomic E-state index is 0.440. The van der Waals surface area contributed by atoms with Gasteiger partial charge in [-0.2, -0.15) is 0 Å². The van der Waals surface area contributed by atoms with Crippen molar-refractivity contribution in [3.63, 3.8) is 0 Å². The van der Waals surface area contributed by atoms with E-state index in [1.54, 1.807) is 11.8 Å². The third-order valence-electron chi connectivity index (χ3n) is 4.24. The second-order valence-electron chi connectivity index (χ2n) is 6.09. The van der Waals surface area contributed by atoms with Gasteiger partial charge in [0.2, 0.25) is 0 Å². The van der Waals surface area contributed by atoms with Crippen LogP contribution in [0.2, 0.25) is 0 Å². The average Bonchev–Trinajstić information content (AvgIpc) is 3.11. The molecule has 6 heteroatoms. The van der Waals surface area contributed by atoms with Crippen LogP contribution in [0.25, 0.3) is 0 Å². The van der Waals surface area contributed by atoms with E-state index in [2.05, 4.69) is 39.4 Å². The summed E-state index contributed by atoms with van der Waals surface area (Å²) in [6, 6.07) is 4.10. The van der Waals surface area contributed by atoms with Gasteiger partial charge in [0.25, 0.3) is 0 Å². The van der Waals surface area contributed by atoms with E-state index in [4.69, 9.17) is 4.42 Å². The Balaban J connectivity index is 1.66. The van der Waals surface area contributed by atoms with Crippen LogP contribution in [0.1, 0.15) is 36.1 Å². The molecule has 1 aliphatic heterocycles. The van der Waals surface area contributed by atoms with Crippen LogP contribution in [0.4, 0.5) is 0 Å². The maximum atomic E-state index is 5.71. The molecule has 124 valence electrons. The van der Waals surface area contributed by atoms with Crippen molar-refractivity contribution in [3.05, 3.63) is 42.1 Å². The highest BCUT2D eigenvalue weighted by Gasteiger charge is 2.26. The fourth-order valence-corrected chi connectivity index (χ4v) is 3.79. The summed E-state index contributed by atoms with van der Waals surface area (Å²) in [6.45, 7) is 8.75. The molecule has 3 rings (SSSR count). The molecule has 23 heavy (non-hydrogen) atoms. The lowest BCUT2D eigenvalue weighted by Gasteiger charge is -2.31. The lowest BCUT2D eigenvalue weighted by Crippen LogP contribution is -2.34. The van der Waals surface area contributed by atoms with E-state index in [0.29, 0.717) is 5.92 Å². The number of thioether (sulfide) groups is 1. The van der Waals surface area contributed by atoms with Gasteiger partial charge in [-0.05, 0) is 38.4 Å². The number of piperidine rings is 1. The molecule has 2 aromatic heterocycles. The van der Waals surface area contributed by atoms with Gasteiger partial charge in [0, 0.05) is 25.3 Å². The maximum absolute atomic E-state index is 5.71. The van der Waals surface area contributed by atoms with Gasteiger partial charge in [-0.1, -0.05) is 17.8 Å². The predicted octanol–water partition coefficient (Wildman–Crippen LogP) is 3.37. The number of aromatic nitrogens is 3. The van der Waals surface area contributed by atoms with Crippen molar-refractivity contribution in [3.8, 4) is 0 Å². The molecular formula is C17H24N4OS. The highest BCUT2D eigenvalue weighted by Crippen LogP contribution is 2.28. The Morgan fingerprint density at radius 2 is 2.30 bits per heavy atom. The predicted molar refractivity (Wildman–Crippen MR) is 92.6 cm³/mol. The van der Waals surface area contributed by atoms with E-state index in [-0.39, 0.29) is 0 Å². The highest BCUT2D eigenvalue weighted by atomic mass is 32.2. The first-order valence-electron chi connectivity index (χ1n) is 8.08. The molecule has 5 nitrogen and oxygen atoms in total. The largest absolute Gasteiger partial charge is 0.465 e. The van der Waals surface area contributed by atoms with Crippen LogP contribution in [0.5, 0.6) is 0 Å². The van der Waals surface area contributed by atoms with E-state index in [1.807, 2.05) is 19.1 Å². The topological polar surface area (TPSA) is 47.1 Å². The number of aryl methyl sites for hydroxylation is 1. The van der Waals surface area contributed by atoms with Crippen LogP contribution < -0.4 is 0 Å². The Bertz CT molecular complexity index is 663. The molecule has 0 aliphatic carbocycles. The van der Waals surface area contributed by atoms with Crippen LogP contribution in [-0.4, -0.2) is 38.5 Å². The van der Waals surface area contributed by atoms with Gasteiger partial charge in [0.05, 0.1) is 6.54 Å². The maximum Gasteiger partial charge on any atom is 0.191 e. The fourth-order valence-electron chi connectivity index (χ4n) is 3.14. The van der Waals surface area contributed by atoms with E-state index in [1.165, 1.54) is 12.8 Å². The second-order valence-corrected chi connectivity index (χ2v) is 7.07. The number of hydrogen-bond acceptors (Lipinski definition) is 5. The Morgan fingerprint density at radius 1 is 1.43 bits per heavy atom. The van der Waals surface area contributed by atoms with Crippen LogP contribution in [0, 0.1) is 6.92 Å². The second kappa shape index (κ2) is 7.36. The summed E-state index contributed by atoms with van der Waals surface area (Å²) in [4.78, 5) is 2.46. The molecule has 0 amide bonds. The molecule has 3 heterocycles. The molecule has 0 N–H and O–H groups in total. The summed E-state index contributed by atoms with van der Waals surface area (Å²) in [5.74, 6) is 4.42. The van der Waals surface area contributed by atoms with Crippen LogP contribution in [0.15, 0.2) is 34.4 Å². The van der Waals surface area contributed by atoms with Gasteiger partial charge in [-0.15, -0.1) is 16.8 Å². The number of nitrogens with zero attached hydrogens (tertiary/aromatic N) is 4. The van der Waals surface area contributed by atoms with E-state index in [0.717, 1.165) is 47.9 Å². The molecule has 1 fully saturated rings. The first-order valence-corrected chi connectivity index (χ1v) is 9.06. The number of hydrogen-bond donors (Lipinski definition) is 0. The Hall–Kier alpha value is -1.53. The number of furan rings is 1. The summed E-state index contributed by atoms with van der Waals surface area (Å²) >= 11 is 1.68. The van der Waals surface area contributed by atoms with Gasteiger partial charge >= 0.3 is 0 Å². The Kier molecular flexibility index (Phi) is 5.23. The monoisotopic (exact) mass is 332 g/mol. The van der Waals surface area contributed by atoms with E-state index in [9.17, 15) is 0 Å². The normalized spacial score (nSPS) is 19.1. The highest BCUT2D eigenvalue weighted by molar-refractivity contribution is 7.99. The SMILES string of the molecule is C=CCSc1nnc(C2CCCN(Cc3ccc(C)o3)C2)n1C. The lowest BCUT2D eigenvalue weighted by molar-refractivity contribution is 0.181. The number of likely N-dealkylation sites (tertiary alicyclic amines) is 1. The fraction of sp³-hybridized carbons (Fsp3) is 0.529. The van der Waals surface area contributed by atoms with Crippen molar-refractivity contribution in [1.82, 2.24) is 19.7 Å². The Morgan fingerprint density at radius 3 is 3.04 bits per heavy atom. The van der Waals surface area contributed by atoms with Crippen molar-refractivity contribution < 1.29 is 4.42 Å². The first-order chi connectivity index (χ1) is 11.2. The van der Waals surface area contributed by atoms with Crippen molar-refractivity contribution in [1.29, 1.82) is 0 Å². The quantitative estimate of drug-likeness (QED) is 0.599. The third kappa shape index (κ3) is 3.87. The molecule has 1 unspecified atom stereocenters. The van der Waals surface area contributed by atoms with E-state index >= 15 is 0 Å². The molecule has 1 saturated heterocycles. The summed E-state index contributed by atoms with van der Waals surface area (Å²) in [5.41, 5.74) is 0. The smallest absolute Gasteiger partial charge is 0.191 e. The summed E-state index contributed by atoms with van der Waals surface area (Å²) in [7, 11) is 2.07. The van der Waals surface area contributed by atoms with Crippen molar-refractivity contribution >= 4 is 11.8 Å². The molecule has 0 saturated carbocycles. The van der Waals surface area contributed by atoms with Gasteiger partial charge < -0.3 is 8.98 Å². The zero-order chi connectivity index (χ0) is 16.2. The molecule has 2 aromatic rings. The molecule has 0 radical (unpaired) electrons. The van der Waals surface area contributed by atoms with Crippen molar-refractivity contribution in [2.75, 3.05) is 18.8 Å². The summed E-state index contributed by atoms with van der Waals surface area (Å²) < 4.78 is 7.85. The standard InChI is InChI=1S/C17H24N4OS/c1-4-10-23-17-19-18-16(20(17)3)14-6-5-9-21(11-14)12-15-8-7-13(2)22-15/h4,7-8,14H,1,5-6,9-12H2,2-3H3. The molecule has 1 aliphatic rings. The summed E-state index contributed by atoms with van der Waals surface area (Å²) in [6.07, 6.45) is 4.25. The Labute approximate surface area is 141 Å². The minimum Gasteiger partial charge on any atom is -0.465 e. The van der Waals surface area contributed by atoms with Crippen LogP contribution in [-0.2, 0) is 13.6 Å². The van der Waals surface area contributed by atoms with Crippen LogP contribution >= 0.6 is 11.8 Å². The van der Waals surface area contributed by atoms with E-state index < -0.39 is 0 Å². The zero-order valence-corrected chi connectivity index (χ0v) is 14.7. The number of rotatable bonds is 6. The molecule has 1 atom stereocenters. The van der Waals surface area contributed by atoms with Crippen molar-refractivity contribution in [2.45, 2.75) is 37.4 Å². The van der Waals surface area contributed by atoms with Gasteiger partial charge in [-0.25, -0.2) is 0 Å². The van der Waals surface area contributed by atoms with Gasteiger partial charge in [0.15, 0.2) is 5.16 Å². The lowest BCUT2D eigenvalue weighted by atomic mass is 9.97. The van der Waals surface area contributed by atoms with Gasteiger partial charge in [-0.3, -0.25) is 4.90 Å². The minimum absolute atomic E-state index is 0.440. The third-order valence-corrected chi connectivity index (χ3v) is 5.26. The zero-order valence-electron chi connectivity index (χ0n) is 13.9. The van der Waals surface area contributed by atoms with Gasteiger partial charge in [0.1, 0.15) is 17.3 Å².